The molecule has 0 radical (unpaired) electrons. The van der Waals surface area contributed by atoms with Gasteiger partial charge in [-0.05, 0) is 49.1 Å². The van der Waals surface area contributed by atoms with Crippen LogP contribution in [0, 0.1) is 20.8 Å². The molecule has 0 aliphatic heterocycles. The first-order valence-electron chi connectivity index (χ1n) is 7.11. The summed E-state index contributed by atoms with van der Waals surface area (Å²) in [5.41, 5.74) is 4.93. The van der Waals surface area contributed by atoms with Gasteiger partial charge in [0.1, 0.15) is 5.75 Å². The van der Waals surface area contributed by atoms with Crippen molar-refractivity contribution in [3.8, 4) is 5.75 Å². The number of carbonyl (C=O) groups excluding carboxylic acids is 1. The number of benzene rings is 2. The fourth-order valence-corrected chi connectivity index (χ4v) is 2.38. The molecule has 3 nitrogen and oxygen atoms in total. The van der Waals surface area contributed by atoms with Gasteiger partial charge in [-0.1, -0.05) is 29.8 Å². The number of ether oxygens (including phenoxy) is 1. The molecule has 0 heterocycles. The second-order valence-electron chi connectivity index (χ2n) is 5.45. The Morgan fingerprint density at radius 1 is 1.09 bits per heavy atom. The monoisotopic (exact) mass is 317 g/mol. The van der Waals surface area contributed by atoms with Crippen molar-refractivity contribution in [2.75, 3.05) is 12.4 Å². The summed E-state index contributed by atoms with van der Waals surface area (Å²) < 4.78 is 5.27. The molecule has 0 aliphatic rings. The van der Waals surface area contributed by atoms with E-state index < -0.39 is 0 Å². The molecule has 0 aliphatic carbocycles. The van der Waals surface area contributed by atoms with Crippen LogP contribution in [-0.2, 0) is 11.2 Å². The minimum atomic E-state index is -0.0803. The molecular formula is C18H20ClNO2. The van der Waals surface area contributed by atoms with Crippen molar-refractivity contribution < 1.29 is 9.53 Å². The maximum atomic E-state index is 12.2. The largest absolute Gasteiger partial charge is 0.495 e. The van der Waals surface area contributed by atoms with Crippen LogP contribution in [0.1, 0.15) is 22.3 Å². The van der Waals surface area contributed by atoms with E-state index in [9.17, 15) is 4.79 Å². The highest BCUT2D eigenvalue weighted by atomic mass is 35.5. The zero-order valence-corrected chi connectivity index (χ0v) is 14.0. The molecule has 0 saturated carbocycles. The van der Waals surface area contributed by atoms with Gasteiger partial charge < -0.3 is 10.1 Å². The maximum Gasteiger partial charge on any atom is 0.228 e. The van der Waals surface area contributed by atoms with Crippen LogP contribution in [0.5, 0.6) is 5.75 Å². The predicted molar refractivity (Wildman–Crippen MR) is 91.0 cm³/mol. The van der Waals surface area contributed by atoms with Crippen LogP contribution in [-0.4, -0.2) is 13.0 Å². The van der Waals surface area contributed by atoms with E-state index in [1.165, 1.54) is 11.1 Å². The molecule has 2 aromatic rings. The minimum Gasteiger partial charge on any atom is -0.495 e. The van der Waals surface area contributed by atoms with Crippen LogP contribution in [0.4, 0.5) is 5.69 Å². The lowest BCUT2D eigenvalue weighted by Gasteiger charge is -2.12. The van der Waals surface area contributed by atoms with E-state index in [1.807, 2.05) is 38.1 Å². The van der Waals surface area contributed by atoms with E-state index in [4.69, 9.17) is 16.3 Å². The average molecular weight is 318 g/mol. The number of rotatable bonds is 4. The molecule has 0 spiro atoms. The van der Waals surface area contributed by atoms with E-state index in [2.05, 4.69) is 12.2 Å². The fraction of sp³-hybridized carbons (Fsp3) is 0.278. The molecule has 0 atom stereocenters. The van der Waals surface area contributed by atoms with Crippen LogP contribution in [0.15, 0.2) is 30.3 Å². The minimum absolute atomic E-state index is 0.0803. The molecule has 4 heteroatoms. The summed E-state index contributed by atoms with van der Waals surface area (Å²) in [4.78, 5) is 12.2. The number of methoxy groups -OCH3 is 1. The Bertz CT molecular complexity index is 710. The van der Waals surface area contributed by atoms with Crippen LogP contribution < -0.4 is 10.1 Å². The molecule has 0 saturated heterocycles. The molecule has 0 bridgehead atoms. The van der Waals surface area contributed by atoms with E-state index in [-0.39, 0.29) is 5.91 Å². The first-order valence-corrected chi connectivity index (χ1v) is 7.48. The summed E-state index contributed by atoms with van der Waals surface area (Å²) in [5.74, 6) is 0.479. The average Bonchev–Trinajstić information content (AvgIpc) is 2.46. The number of aryl methyl sites for hydroxylation is 3. The molecule has 22 heavy (non-hydrogen) atoms. The fourth-order valence-electron chi connectivity index (χ4n) is 2.22. The van der Waals surface area contributed by atoms with Gasteiger partial charge in [-0.25, -0.2) is 0 Å². The lowest BCUT2D eigenvalue weighted by atomic mass is 10.0. The van der Waals surface area contributed by atoms with Gasteiger partial charge in [-0.15, -0.1) is 0 Å². The predicted octanol–water partition coefficient (Wildman–Crippen LogP) is 4.46. The molecule has 116 valence electrons. The van der Waals surface area contributed by atoms with Crippen molar-refractivity contribution in [2.45, 2.75) is 27.2 Å². The zero-order chi connectivity index (χ0) is 16.3. The summed E-state index contributed by atoms with van der Waals surface area (Å²) in [7, 11) is 1.56. The molecule has 0 fully saturated rings. The molecule has 1 N–H and O–H groups in total. The Kier molecular flexibility index (Phi) is 5.09. The number of halogens is 1. The topological polar surface area (TPSA) is 38.3 Å². The van der Waals surface area contributed by atoms with E-state index in [0.717, 1.165) is 11.1 Å². The number of hydrogen-bond acceptors (Lipinski definition) is 2. The maximum absolute atomic E-state index is 12.2. The summed E-state index contributed by atoms with van der Waals surface area (Å²) in [6.07, 6.45) is 0.325. The van der Waals surface area contributed by atoms with E-state index >= 15 is 0 Å². The lowest BCUT2D eigenvalue weighted by molar-refractivity contribution is -0.115. The van der Waals surface area contributed by atoms with Crippen molar-refractivity contribution in [3.63, 3.8) is 0 Å². The highest BCUT2D eigenvalue weighted by Crippen LogP contribution is 2.31. The number of nitrogens with one attached hydrogen (secondary N) is 1. The van der Waals surface area contributed by atoms with E-state index in [0.29, 0.717) is 22.9 Å². The van der Waals surface area contributed by atoms with Crippen LogP contribution in [0.25, 0.3) is 0 Å². The molecule has 0 aromatic heterocycles. The molecule has 1 amide bonds. The van der Waals surface area contributed by atoms with Crippen molar-refractivity contribution in [2.24, 2.45) is 0 Å². The standard InChI is InChI=1S/C18H20ClNO2/c1-11-5-6-14(7-12(11)2)9-18(21)20-16-8-13(3)15(19)10-17(16)22-4/h5-8,10H,9H2,1-4H3,(H,20,21). The number of carbonyl (C=O) groups is 1. The van der Waals surface area contributed by atoms with Gasteiger partial charge in [-0.3, -0.25) is 4.79 Å². The Hall–Kier alpha value is -2.00. The normalized spacial score (nSPS) is 10.4. The zero-order valence-electron chi connectivity index (χ0n) is 13.3. The summed E-state index contributed by atoms with van der Waals surface area (Å²) in [5, 5.41) is 3.50. The van der Waals surface area contributed by atoms with E-state index in [1.54, 1.807) is 13.2 Å². The van der Waals surface area contributed by atoms with Gasteiger partial charge in [0.2, 0.25) is 5.91 Å². The third kappa shape index (κ3) is 3.80. The third-order valence-electron chi connectivity index (χ3n) is 3.69. The van der Waals surface area contributed by atoms with Crippen molar-refractivity contribution in [1.82, 2.24) is 0 Å². The quantitative estimate of drug-likeness (QED) is 0.904. The highest BCUT2D eigenvalue weighted by Gasteiger charge is 2.11. The lowest BCUT2D eigenvalue weighted by Crippen LogP contribution is -2.15. The van der Waals surface area contributed by atoms with Crippen LogP contribution >= 0.6 is 11.6 Å². The smallest absolute Gasteiger partial charge is 0.228 e. The van der Waals surface area contributed by atoms with Gasteiger partial charge in [-0.2, -0.15) is 0 Å². The Morgan fingerprint density at radius 2 is 1.82 bits per heavy atom. The molecule has 2 aromatic carbocycles. The third-order valence-corrected chi connectivity index (χ3v) is 4.10. The highest BCUT2D eigenvalue weighted by molar-refractivity contribution is 6.31. The van der Waals surface area contributed by atoms with Crippen LogP contribution in [0.2, 0.25) is 5.02 Å². The van der Waals surface area contributed by atoms with Gasteiger partial charge in [0.25, 0.3) is 0 Å². The molecular weight excluding hydrogens is 298 g/mol. The SMILES string of the molecule is COc1cc(Cl)c(C)cc1NC(=O)Cc1ccc(C)c(C)c1. The van der Waals surface area contributed by atoms with Crippen molar-refractivity contribution in [3.05, 3.63) is 57.6 Å². The summed E-state index contributed by atoms with van der Waals surface area (Å²) in [6, 6.07) is 9.58. The Labute approximate surface area is 136 Å². The second kappa shape index (κ2) is 6.84. The number of anilines is 1. The van der Waals surface area contributed by atoms with Gasteiger partial charge in [0.05, 0.1) is 19.2 Å². The van der Waals surface area contributed by atoms with Gasteiger partial charge in [0, 0.05) is 11.1 Å². The van der Waals surface area contributed by atoms with Crippen molar-refractivity contribution in [1.29, 1.82) is 0 Å². The Balaban J connectivity index is 2.15. The summed E-state index contributed by atoms with van der Waals surface area (Å²) >= 11 is 6.07. The first kappa shape index (κ1) is 16.4. The van der Waals surface area contributed by atoms with Gasteiger partial charge >= 0.3 is 0 Å². The first-order chi connectivity index (χ1) is 10.4. The molecule has 2 rings (SSSR count). The Morgan fingerprint density at radius 3 is 2.45 bits per heavy atom. The summed E-state index contributed by atoms with van der Waals surface area (Å²) in [6.45, 7) is 5.99. The second-order valence-corrected chi connectivity index (χ2v) is 5.85. The van der Waals surface area contributed by atoms with Crippen LogP contribution in [0.3, 0.4) is 0 Å². The van der Waals surface area contributed by atoms with Crippen molar-refractivity contribution >= 4 is 23.2 Å². The number of amides is 1. The number of hydrogen-bond donors (Lipinski definition) is 1. The molecule has 0 unspecified atom stereocenters. The van der Waals surface area contributed by atoms with Gasteiger partial charge in [0.15, 0.2) is 0 Å².